The second kappa shape index (κ2) is 12.5. The van der Waals surface area contributed by atoms with E-state index in [0.29, 0.717) is 43.1 Å². The van der Waals surface area contributed by atoms with E-state index in [1.807, 2.05) is 68.0 Å². The fraction of sp³-hybridized carbons (Fsp3) is 0.364. The fourth-order valence-corrected chi connectivity index (χ4v) is 6.35. The number of ether oxygens (including phenoxy) is 1. The van der Waals surface area contributed by atoms with Crippen LogP contribution in [0.3, 0.4) is 0 Å². The van der Waals surface area contributed by atoms with Crippen molar-refractivity contribution in [3.8, 4) is 11.5 Å². The average Bonchev–Trinajstić information content (AvgIpc) is 3.79. The number of aliphatic hydroxyl groups excluding tert-OH is 1. The number of nitrogens with two attached hydrogens (primary N) is 1. The molecule has 43 heavy (non-hydrogen) atoms. The highest BCUT2D eigenvalue weighted by atomic mass is 16.5. The predicted octanol–water partition coefficient (Wildman–Crippen LogP) is 2.71. The zero-order valence-electron chi connectivity index (χ0n) is 24.4. The van der Waals surface area contributed by atoms with Gasteiger partial charge in [-0.15, -0.1) is 0 Å². The van der Waals surface area contributed by atoms with E-state index >= 15 is 0 Å². The highest BCUT2D eigenvalue weighted by Crippen LogP contribution is 2.31. The highest BCUT2D eigenvalue weighted by Gasteiger charge is 2.38. The second-order valence-electron chi connectivity index (χ2n) is 11.6. The van der Waals surface area contributed by atoms with Crippen LogP contribution in [-0.2, 0) is 18.4 Å². The summed E-state index contributed by atoms with van der Waals surface area (Å²) in [5.74, 6) is 0.689. The van der Waals surface area contributed by atoms with Gasteiger partial charge in [-0.2, -0.15) is 5.10 Å². The number of aliphatic hydroxyl groups is 1. The molecule has 3 aliphatic rings. The molecule has 10 nitrogen and oxygen atoms in total. The number of aryl methyl sites for hydroxylation is 1. The Morgan fingerprint density at radius 1 is 1.14 bits per heavy atom. The van der Waals surface area contributed by atoms with Crippen LogP contribution in [0.5, 0.6) is 11.5 Å². The van der Waals surface area contributed by atoms with Gasteiger partial charge in [0.25, 0.3) is 0 Å². The van der Waals surface area contributed by atoms with Crippen molar-refractivity contribution < 1.29 is 19.4 Å². The van der Waals surface area contributed by atoms with E-state index in [4.69, 9.17) is 10.5 Å². The Balaban J connectivity index is 1.16. The predicted molar refractivity (Wildman–Crippen MR) is 163 cm³/mol. The van der Waals surface area contributed by atoms with Crippen molar-refractivity contribution in [2.75, 3.05) is 32.8 Å². The lowest BCUT2D eigenvalue weighted by Crippen LogP contribution is -2.43. The van der Waals surface area contributed by atoms with E-state index in [0.717, 1.165) is 41.8 Å². The van der Waals surface area contributed by atoms with Gasteiger partial charge in [-0.05, 0) is 55.8 Å². The number of hydrogen-bond donors (Lipinski definition) is 3. The normalized spacial score (nSPS) is 22.4. The second-order valence-corrected chi connectivity index (χ2v) is 11.6. The average molecular weight is 583 g/mol. The van der Waals surface area contributed by atoms with Gasteiger partial charge in [0.1, 0.15) is 11.5 Å². The Morgan fingerprint density at radius 2 is 1.95 bits per heavy atom. The summed E-state index contributed by atoms with van der Waals surface area (Å²) < 4.78 is 7.98. The third-order valence-electron chi connectivity index (χ3n) is 8.71. The molecular weight excluding hydrogens is 544 g/mol. The van der Waals surface area contributed by atoms with Crippen LogP contribution in [-0.4, -0.2) is 81.2 Å². The van der Waals surface area contributed by atoms with Crippen LogP contribution in [0.4, 0.5) is 0 Å². The Morgan fingerprint density at radius 3 is 2.70 bits per heavy atom. The van der Waals surface area contributed by atoms with Gasteiger partial charge in [0.05, 0.1) is 24.8 Å². The van der Waals surface area contributed by atoms with Crippen LogP contribution < -0.4 is 15.8 Å². The summed E-state index contributed by atoms with van der Waals surface area (Å²) in [6.45, 7) is 3.35. The molecule has 1 unspecified atom stereocenters. The van der Waals surface area contributed by atoms with Gasteiger partial charge in [0.2, 0.25) is 5.91 Å². The Hall–Kier alpha value is -4.25. The van der Waals surface area contributed by atoms with Gasteiger partial charge in [-0.1, -0.05) is 18.2 Å². The molecule has 3 atom stereocenters. The highest BCUT2D eigenvalue weighted by molar-refractivity contribution is 5.99. The molecule has 0 aliphatic carbocycles. The van der Waals surface area contributed by atoms with Gasteiger partial charge >= 0.3 is 0 Å². The number of para-hydroxylation sites is 1. The first kappa shape index (κ1) is 28.9. The number of amides is 1. The van der Waals surface area contributed by atoms with E-state index in [1.165, 1.54) is 0 Å². The molecule has 1 aromatic heterocycles. The van der Waals surface area contributed by atoms with Crippen LogP contribution in [0.15, 0.2) is 78.8 Å². The molecule has 6 rings (SSSR count). The molecule has 3 aliphatic heterocycles. The standard InChI is InChI=1S/C33H38N6O4/c1-37-17-26(14-36-37)24-13-25(33(34)42)20-39(19-24)30-16-35-15-29(30)32(41)22-8-10-28(11-9-22)43-31-7-3-2-5-23(31)18-38-12-4-6-27(38)21-40/h2-3,5,7-11,13-14,17,19,27,29-30,35,40H,4,6,12,15-16,18,20-21H2,1H3,(H2,34,42)/t27-,29?,30+/m1/s1. The minimum absolute atomic E-state index is 0.0394. The molecule has 224 valence electrons. The van der Waals surface area contributed by atoms with Crippen LogP contribution in [0.1, 0.15) is 34.3 Å². The Kier molecular flexibility index (Phi) is 8.42. The van der Waals surface area contributed by atoms with Crippen molar-refractivity contribution in [1.82, 2.24) is 24.9 Å². The number of carbonyl (C=O) groups is 2. The molecule has 1 amide bonds. The molecule has 2 fully saturated rings. The molecule has 0 saturated carbocycles. The lowest BCUT2D eigenvalue weighted by molar-refractivity contribution is -0.114. The van der Waals surface area contributed by atoms with Crippen molar-refractivity contribution in [1.29, 1.82) is 0 Å². The largest absolute Gasteiger partial charge is 0.457 e. The number of nitrogens with zero attached hydrogens (tertiary/aromatic N) is 4. The third kappa shape index (κ3) is 6.27. The SMILES string of the molecule is Cn1cc(C2=CN([C@H]3CNCC3C(=O)c3ccc(Oc4ccccc4CN4CCC[C@@H]4CO)cc3)CC(C(N)=O)=C2)cn1. The first-order valence-electron chi connectivity index (χ1n) is 14.8. The molecule has 4 N–H and O–H groups in total. The minimum Gasteiger partial charge on any atom is -0.457 e. The Labute approximate surface area is 251 Å². The molecule has 0 radical (unpaired) electrons. The number of carbonyl (C=O) groups excluding carboxylic acids is 2. The van der Waals surface area contributed by atoms with E-state index in [2.05, 4.69) is 26.3 Å². The number of hydrogen-bond acceptors (Lipinski definition) is 8. The van der Waals surface area contributed by atoms with Gasteiger partial charge in [0.15, 0.2) is 5.78 Å². The van der Waals surface area contributed by atoms with Gasteiger partial charge in [0, 0.05) is 79.5 Å². The van der Waals surface area contributed by atoms with Crippen LogP contribution in [0.25, 0.3) is 5.57 Å². The summed E-state index contributed by atoms with van der Waals surface area (Å²) in [5, 5.41) is 17.3. The molecule has 10 heteroatoms. The smallest absolute Gasteiger partial charge is 0.246 e. The lowest BCUT2D eigenvalue weighted by Gasteiger charge is -2.34. The fourth-order valence-electron chi connectivity index (χ4n) is 6.35. The maximum absolute atomic E-state index is 13.8. The Bertz CT molecular complexity index is 1540. The van der Waals surface area contributed by atoms with Crippen molar-refractivity contribution in [2.45, 2.75) is 31.5 Å². The van der Waals surface area contributed by atoms with E-state index in [1.54, 1.807) is 10.9 Å². The monoisotopic (exact) mass is 582 g/mol. The number of primary amides is 1. The third-order valence-corrected chi connectivity index (χ3v) is 8.71. The molecule has 0 bridgehead atoms. The molecule has 4 heterocycles. The van der Waals surface area contributed by atoms with Gasteiger partial charge in [-0.3, -0.25) is 19.2 Å². The summed E-state index contributed by atoms with van der Waals surface area (Å²) >= 11 is 0. The number of allylic oxidation sites excluding steroid dienone is 2. The topological polar surface area (TPSA) is 126 Å². The number of nitrogens with one attached hydrogen (secondary N) is 1. The van der Waals surface area contributed by atoms with E-state index in [-0.39, 0.29) is 30.4 Å². The van der Waals surface area contributed by atoms with Crippen molar-refractivity contribution in [2.24, 2.45) is 18.7 Å². The molecular formula is C33H38N6O4. The number of rotatable bonds is 10. The first-order valence-corrected chi connectivity index (χ1v) is 14.8. The summed E-state index contributed by atoms with van der Waals surface area (Å²) in [6.07, 6.45) is 9.54. The van der Waals surface area contributed by atoms with Crippen LogP contribution in [0, 0.1) is 5.92 Å². The number of aromatic nitrogens is 2. The van der Waals surface area contributed by atoms with Gasteiger partial charge < -0.3 is 25.8 Å². The van der Waals surface area contributed by atoms with Crippen molar-refractivity contribution >= 4 is 17.3 Å². The maximum Gasteiger partial charge on any atom is 0.246 e. The minimum atomic E-state index is -0.473. The number of likely N-dealkylation sites (tertiary alicyclic amines) is 1. The quantitative estimate of drug-likeness (QED) is 0.312. The lowest BCUT2D eigenvalue weighted by atomic mass is 9.91. The summed E-state index contributed by atoms with van der Waals surface area (Å²) in [6, 6.07) is 15.3. The zero-order chi connectivity index (χ0) is 29.9. The molecule has 2 saturated heterocycles. The summed E-state index contributed by atoms with van der Waals surface area (Å²) in [4.78, 5) is 30.3. The maximum atomic E-state index is 13.8. The molecule has 2 aromatic carbocycles. The number of Topliss-reactive ketones (excluding diaryl/α,β-unsaturated/α-hetero) is 1. The van der Waals surface area contributed by atoms with Gasteiger partial charge in [-0.25, -0.2) is 0 Å². The molecule has 3 aromatic rings. The van der Waals surface area contributed by atoms with Crippen molar-refractivity contribution in [3.63, 3.8) is 0 Å². The number of benzene rings is 2. The summed E-state index contributed by atoms with van der Waals surface area (Å²) in [7, 11) is 1.84. The van der Waals surface area contributed by atoms with E-state index in [9.17, 15) is 14.7 Å². The molecule has 0 spiro atoms. The van der Waals surface area contributed by atoms with Crippen LogP contribution >= 0.6 is 0 Å². The number of ketones is 1. The summed E-state index contributed by atoms with van der Waals surface area (Å²) in [5.41, 5.74) is 9.59. The van der Waals surface area contributed by atoms with Crippen molar-refractivity contribution in [3.05, 3.63) is 95.5 Å². The first-order chi connectivity index (χ1) is 20.9. The van der Waals surface area contributed by atoms with Crippen LogP contribution in [0.2, 0.25) is 0 Å². The van der Waals surface area contributed by atoms with E-state index < -0.39 is 5.91 Å². The zero-order valence-corrected chi connectivity index (χ0v) is 24.4.